The highest BCUT2D eigenvalue weighted by Crippen LogP contribution is 2.24. The third-order valence-electron chi connectivity index (χ3n) is 4.97. The van der Waals surface area contributed by atoms with E-state index in [1.807, 2.05) is 5.38 Å². The molecule has 1 aromatic heterocycles. The van der Waals surface area contributed by atoms with Crippen molar-refractivity contribution in [2.75, 3.05) is 19.6 Å². The van der Waals surface area contributed by atoms with Gasteiger partial charge < -0.3 is 9.47 Å². The van der Waals surface area contributed by atoms with Crippen molar-refractivity contribution in [2.45, 2.75) is 26.8 Å². The van der Waals surface area contributed by atoms with Gasteiger partial charge in [0, 0.05) is 24.1 Å². The van der Waals surface area contributed by atoms with Gasteiger partial charge in [-0.2, -0.15) is 0 Å². The highest BCUT2D eigenvalue weighted by Gasteiger charge is 2.11. The van der Waals surface area contributed by atoms with E-state index in [9.17, 15) is 14.5 Å². The Hall–Kier alpha value is -2.84. The smallest absolute Gasteiger partial charge is 0.269 e. The van der Waals surface area contributed by atoms with Crippen molar-refractivity contribution in [1.29, 1.82) is 0 Å². The number of thiazole rings is 1. The molecule has 3 rings (SSSR count). The molecule has 158 valence electrons. The molecule has 0 atom stereocenters. The van der Waals surface area contributed by atoms with E-state index in [0.717, 1.165) is 48.7 Å². The Bertz CT molecular complexity index is 1040. The predicted molar refractivity (Wildman–Crippen MR) is 118 cm³/mol. The first-order valence-electron chi connectivity index (χ1n) is 9.97. The SMILES string of the molecule is CCN(CC)CCCn1c(-c2ccc([N+](=O)[O-])cc2)csc1=Nc1ccc(F)cc1. The number of hydrogen-bond acceptors (Lipinski definition) is 5. The molecule has 0 aliphatic heterocycles. The second-order valence-corrected chi connectivity index (χ2v) is 7.66. The normalized spacial score (nSPS) is 11.9. The summed E-state index contributed by atoms with van der Waals surface area (Å²) in [5.74, 6) is -0.293. The zero-order chi connectivity index (χ0) is 21.5. The molecule has 0 fully saturated rings. The van der Waals surface area contributed by atoms with Crippen LogP contribution in [-0.2, 0) is 6.54 Å². The van der Waals surface area contributed by atoms with Crippen molar-refractivity contribution >= 4 is 22.7 Å². The van der Waals surface area contributed by atoms with E-state index in [1.54, 1.807) is 24.3 Å². The molecule has 0 bridgehead atoms. The number of nitrogens with zero attached hydrogens (tertiary/aromatic N) is 4. The lowest BCUT2D eigenvalue weighted by Crippen LogP contribution is -2.26. The van der Waals surface area contributed by atoms with Crippen LogP contribution in [0.15, 0.2) is 58.9 Å². The average molecular weight is 429 g/mol. The number of hydrogen-bond donors (Lipinski definition) is 0. The summed E-state index contributed by atoms with van der Waals surface area (Å²) in [7, 11) is 0. The maximum absolute atomic E-state index is 13.2. The van der Waals surface area contributed by atoms with E-state index in [-0.39, 0.29) is 11.5 Å². The van der Waals surface area contributed by atoms with Crippen LogP contribution in [0.5, 0.6) is 0 Å². The van der Waals surface area contributed by atoms with Gasteiger partial charge in [-0.1, -0.05) is 13.8 Å². The lowest BCUT2D eigenvalue weighted by atomic mass is 10.1. The van der Waals surface area contributed by atoms with Gasteiger partial charge in [0.05, 0.1) is 16.3 Å². The van der Waals surface area contributed by atoms with E-state index in [0.29, 0.717) is 5.69 Å². The summed E-state index contributed by atoms with van der Waals surface area (Å²) >= 11 is 1.51. The molecule has 0 aliphatic rings. The lowest BCUT2D eigenvalue weighted by Gasteiger charge is -2.18. The molecular weight excluding hydrogens is 403 g/mol. The maximum Gasteiger partial charge on any atom is 0.269 e. The third-order valence-corrected chi connectivity index (χ3v) is 5.84. The monoisotopic (exact) mass is 428 g/mol. The van der Waals surface area contributed by atoms with Crippen molar-refractivity contribution in [3.05, 3.63) is 74.6 Å². The Morgan fingerprint density at radius 2 is 1.77 bits per heavy atom. The molecule has 30 heavy (non-hydrogen) atoms. The van der Waals surface area contributed by atoms with Crippen LogP contribution in [0.4, 0.5) is 15.8 Å². The molecule has 0 spiro atoms. The molecule has 0 aliphatic carbocycles. The number of rotatable bonds is 9. The first-order valence-corrected chi connectivity index (χ1v) is 10.9. The molecular formula is C22H25FN4O2S. The summed E-state index contributed by atoms with van der Waals surface area (Å²) in [5.41, 5.74) is 2.62. The largest absolute Gasteiger partial charge is 0.316 e. The van der Waals surface area contributed by atoms with E-state index in [1.165, 1.54) is 35.6 Å². The molecule has 8 heteroatoms. The number of benzene rings is 2. The van der Waals surface area contributed by atoms with Crippen molar-refractivity contribution in [2.24, 2.45) is 4.99 Å². The summed E-state index contributed by atoms with van der Waals surface area (Å²) in [6.45, 7) is 8.06. The Balaban J connectivity index is 1.96. The minimum Gasteiger partial charge on any atom is -0.316 e. The van der Waals surface area contributed by atoms with Crippen LogP contribution >= 0.6 is 11.3 Å². The Labute approximate surface area is 179 Å². The minimum absolute atomic E-state index is 0.0679. The molecule has 0 saturated carbocycles. The molecule has 2 aromatic carbocycles. The molecule has 0 amide bonds. The number of nitro groups is 1. The third kappa shape index (κ3) is 5.40. The van der Waals surface area contributed by atoms with Crippen LogP contribution in [0.25, 0.3) is 11.3 Å². The number of aromatic nitrogens is 1. The van der Waals surface area contributed by atoms with Gasteiger partial charge in [0.2, 0.25) is 0 Å². The van der Waals surface area contributed by atoms with Crippen LogP contribution in [0.1, 0.15) is 20.3 Å². The molecule has 3 aromatic rings. The van der Waals surface area contributed by atoms with Gasteiger partial charge in [0.15, 0.2) is 4.80 Å². The molecule has 6 nitrogen and oxygen atoms in total. The van der Waals surface area contributed by atoms with Gasteiger partial charge in [-0.05, 0) is 68.0 Å². The fourth-order valence-electron chi connectivity index (χ4n) is 3.24. The van der Waals surface area contributed by atoms with E-state index < -0.39 is 4.92 Å². The van der Waals surface area contributed by atoms with Gasteiger partial charge >= 0.3 is 0 Å². The van der Waals surface area contributed by atoms with Crippen molar-refractivity contribution in [3.63, 3.8) is 0 Å². The zero-order valence-corrected chi connectivity index (χ0v) is 17.9. The van der Waals surface area contributed by atoms with E-state index in [4.69, 9.17) is 4.99 Å². The highest BCUT2D eigenvalue weighted by molar-refractivity contribution is 7.07. The second-order valence-electron chi connectivity index (χ2n) is 6.83. The zero-order valence-electron chi connectivity index (χ0n) is 17.1. The van der Waals surface area contributed by atoms with Gasteiger partial charge in [0.25, 0.3) is 5.69 Å². The summed E-state index contributed by atoms with van der Waals surface area (Å²) < 4.78 is 15.4. The minimum atomic E-state index is -0.398. The molecule has 0 saturated heterocycles. The van der Waals surface area contributed by atoms with Gasteiger partial charge in [-0.15, -0.1) is 11.3 Å². The predicted octanol–water partition coefficient (Wildman–Crippen LogP) is 5.23. The van der Waals surface area contributed by atoms with Gasteiger partial charge in [0.1, 0.15) is 5.82 Å². The Morgan fingerprint density at radius 1 is 1.10 bits per heavy atom. The Kier molecular flexibility index (Phi) is 7.48. The summed E-state index contributed by atoms with van der Waals surface area (Å²) in [6.07, 6.45) is 0.953. The lowest BCUT2D eigenvalue weighted by molar-refractivity contribution is -0.384. The highest BCUT2D eigenvalue weighted by atomic mass is 32.1. The van der Waals surface area contributed by atoms with Crippen LogP contribution in [0.3, 0.4) is 0 Å². The van der Waals surface area contributed by atoms with Gasteiger partial charge in [-0.25, -0.2) is 9.38 Å². The van der Waals surface area contributed by atoms with Crippen molar-refractivity contribution in [3.8, 4) is 11.3 Å². The fourth-order valence-corrected chi connectivity index (χ4v) is 4.19. The van der Waals surface area contributed by atoms with Crippen LogP contribution in [0, 0.1) is 15.9 Å². The summed E-state index contributed by atoms with van der Waals surface area (Å²) in [6, 6.07) is 12.7. The molecule has 0 N–H and O–H groups in total. The maximum atomic E-state index is 13.2. The number of nitro benzene ring substituents is 1. The quantitative estimate of drug-likeness (QED) is 0.346. The van der Waals surface area contributed by atoms with Crippen molar-refractivity contribution in [1.82, 2.24) is 9.47 Å². The molecule has 1 heterocycles. The first-order chi connectivity index (χ1) is 14.5. The van der Waals surface area contributed by atoms with Crippen molar-refractivity contribution < 1.29 is 9.31 Å². The van der Waals surface area contributed by atoms with Crippen LogP contribution in [-0.4, -0.2) is 34.0 Å². The average Bonchev–Trinajstić information content (AvgIpc) is 3.15. The van der Waals surface area contributed by atoms with Crippen LogP contribution < -0.4 is 4.80 Å². The standard InChI is InChI=1S/C22H25FN4O2S/c1-3-25(4-2)14-5-15-26-21(17-6-12-20(13-7-17)27(28)29)16-30-22(26)24-19-10-8-18(23)9-11-19/h6-13,16H,3-5,14-15H2,1-2H3. The Morgan fingerprint density at radius 3 is 2.37 bits per heavy atom. The number of halogens is 1. The van der Waals surface area contributed by atoms with E-state index >= 15 is 0 Å². The topological polar surface area (TPSA) is 63.7 Å². The van der Waals surface area contributed by atoms with Gasteiger partial charge in [-0.3, -0.25) is 10.1 Å². The van der Waals surface area contributed by atoms with E-state index in [2.05, 4.69) is 23.3 Å². The van der Waals surface area contributed by atoms with Crippen LogP contribution in [0.2, 0.25) is 0 Å². The fraction of sp³-hybridized carbons (Fsp3) is 0.318. The first kappa shape index (κ1) is 21.9. The summed E-state index contributed by atoms with van der Waals surface area (Å²) in [5, 5.41) is 13.0. The molecule has 0 radical (unpaired) electrons. The number of non-ortho nitro benzene ring substituents is 1. The summed E-state index contributed by atoms with van der Waals surface area (Å²) in [4.78, 5) is 18.5. The molecule has 0 unspecified atom stereocenters. The second kappa shape index (κ2) is 10.3.